The number of hydrogen-bond donors (Lipinski definition) is 1. The minimum atomic E-state index is -0.0102. The third kappa shape index (κ3) is 2.05. The van der Waals surface area contributed by atoms with Gasteiger partial charge < -0.3 is 5.73 Å². The van der Waals surface area contributed by atoms with Crippen LogP contribution < -0.4 is 5.73 Å². The molecule has 0 amide bonds. The lowest BCUT2D eigenvalue weighted by molar-refractivity contribution is 0.672. The fourth-order valence-corrected chi connectivity index (χ4v) is 1.84. The smallest absolute Gasteiger partial charge is 0.0705 e. The van der Waals surface area contributed by atoms with E-state index in [2.05, 4.69) is 10.9 Å². The van der Waals surface area contributed by atoms with Crippen molar-refractivity contribution in [3.8, 4) is 12.3 Å². The van der Waals surface area contributed by atoms with Crippen molar-refractivity contribution in [3.05, 3.63) is 42.1 Å². The van der Waals surface area contributed by atoms with Crippen LogP contribution in [0.5, 0.6) is 0 Å². The molecule has 2 nitrogen and oxygen atoms in total. The van der Waals surface area contributed by atoms with E-state index in [0.717, 1.165) is 22.9 Å². The van der Waals surface area contributed by atoms with E-state index < -0.39 is 0 Å². The van der Waals surface area contributed by atoms with Crippen LogP contribution in [0.15, 0.2) is 36.5 Å². The van der Waals surface area contributed by atoms with Crippen LogP contribution in [0.25, 0.3) is 10.9 Å². The summed E-state index contributed by atoms with van der Waals surface area (Å²) in [4.78, 5) is 4.31. The Morgan fingerprint density at radius 1 is 1.31 bits per heavy atom. The van der Waals surface area contributed by atoms with E-state index in [1.807, 2.05) is 30.3 Å². The van der Waals surface area contributed by atoms with Gasteiger partial charge in [-0.3, -0.25) is 4.98 Å². The number of nitrogens with zero attached hydrogens (tertiary/aromatic N) is 1. The average molecular weight is 210 g/mol. The van der Waals surface area contributed by atoms with Crippen molar-refractivity contribution < 1.29 is 0 Å². The number of fused-ring (bicyclic) bond motifs is 1. The SMILES string of the molecule is C#CCCC(N)c1ccnc2ccccc12. The van der Waals surface area contributed by atoms with Crippen LogP contribution in [0.3, 0.4) is 0 Å². The molecule has 1 atom stereocenters. The van der Waals surface area contributed by atoms with Crippen LogP contribution in [0.2, 0.25) is 0 Å². The lowest BCUT2D eigenvalue weighted by Crippen LogP contribution is -2.10. The quantitative estimate of drug-likeness (QED) is 0.791. The van der Waals surface area contributed by atoms with E-state index in [0.29, 0.717) is 6.42 Å². The molecule has 1 aromatic carbocycles. The molecule has 2 heteroatoms. The molecule has 1 unspecified atom stereocenters. The van der Waals surface area contributed by atoms with E-state index in [9.17, 15) is 0 Å². The van der Waals surface area contributed by atoms with Gasteiger partial charge in [-0.2, -0.15) is 0 Å². The van der Waals surface area contributed by atoms with Crippen LogP contribution in [0.4, 0.5) is 0 Å². The summed E-state index contributed by atoms with van der Waals surface area (Å²) in [7, 11) is 0. The molecule has 2 rings (SSSR count). The van der Waals surface area contributed by atoms with Crippen molar-refractivity contribution in [3.63, 3.8) is 0 Å². The molecule has 0 saturated heterocycles. The zero-order valence-electron chi connectivity index (χ0n) is 9.06. The summed E-state index contributed by atoms with van der Waals surface area (Å²) in [6.45, 7) is 0. The van der Waals surface area contributed by atoms with Gasteiger partial charge in [-0.25, -0.2) is 0 Å². The second kappa shape index (κ2) is 4.78. The number of aromatic nitrogens is 1. The van der Waals surface area contributed by atoms with Gasteiger partial charge >= 0.3 is 0 Å². The van der Waals surface area contributed by atoms with Gasteiger partial charge in [-0.1, -0.05) is 18.2 Å². The van der Waals surface area contributed by atoms with Gasteiger partial charge in [0.15, 0.2) is 0 Å². The first-order valence-electron chi connectivity index (χ1n) is 5.35. The Morgan fingerprint density at radius 3 is 2.94 bits per heavy atom. The van der Waals surface area contributed by atoms with Crippen molar-refractivity contribution in [1.82, 2.24) is 4.98 Å². The molecule has 0 saturated carbocycles. The van der Waals surface area contributed by atoms with Crippen molar-refractivity contribution in [2.75, 3.05) is 0 Å². The van der Waals surface area contributed by atoms with Crippen molar-refractivity contribution in [1.29, 1.82) is 0 Å². The van der Waals surface area contributed by atoms with E-state index in [-0.39, 0.29) is 6.04 Å². The molecule has 0 bridgehead atoms. The summed E-state index contributed by atoms with van der Waals surface area (Å²) in [6, 6.07) is 9.99. The number of pyridine rings is 1. The minimum Gasteiger partial charge on any atom is -0.324 e. The molecular weight excluding hydrogens is 196 g/mol. The molecule has 0 aliphatic carbocycles. The molecular formula is C14H14N2. The summed E-state index contributed by atoms with van der Waals surface area (Å²) in [5, 5.41) is 1.12. The maximum Gasteiger partial charge on any atom is 0.0705 e. The van der Waals surface area contributed by atoms with E-state index >= 15 is 0 Å². The van der Waals surface area contributed by atoms with Crippen LogP contribution >= 0.6 is 0 Å². The monoisotopic (exact) mass is 210 g/mol. The number of benzene rings is 1. The lowest BCUT2D eigenvalue weighted by atomic mass is 9.99. The predicted molar refractivity (Wildman–Crippen MR) is 66.7 cm³/mol. The summed E-state index contributed by atoms with van der Waals surface area (Å²) in [5.74, 6) is 2.62. The highest BCUT2D eigenvalue weighted by atomic mass is 14.7. The van der Waals surface area contributed by atoms with Gasteiger partial charge in [0, 0.05) is 24.0 Å². The molecule has 0 spiro atoms. The topological polar surface area (TPSA) is 38.9 Å². The molecule has 0 fully saturated rings. The third-order valence-corrected chi connectivity index (χ3v) is 2.68. The fraction of sp³-hybridized carbons (Fsp3) is 0.214. The molecule has 0 aliphatic rings. The predicted octanol–water partition coefficient (Wildman–Crippen LogP) is 2.65. The highest BCUT2D eigenvalue weighted by molar-refractivity contribution is 5.82. The van der Waals surface area contributed by atoms with Gasteiger partial charge in [0.2, 0.25) is 0 Å². The van der Waals surface area contributed by atoms with E-state index in [1.54, 1.807) is 6.20 Å². The second-order valence-corrected chi connectivity index (χ2v) is 3.77. The Hall–Kier alpha value is -1.85. The normalized spacial score (nSPS) is 12.2. The van der Waals surface area contributed by atoms with Crippen LogP contribution in [-0.2, 0) is 0 Å². The molecule has 0 aliphatic heterocycles. The summed E-state index contributed by atoms with van der Waals surface area (Å²) in [6.07, 6.45) is 8.56. The zero-order valence-corrected chi connectivity index (χ0v) is 9.06. The lowest BCUT2D eigenvalue weighted by Gasteiger charge is -2.12. The molecule has 16 heavy (non-hydrogen) atoms. The second-order valence-electron chi connectivity index (χ2n) is 3.77. The molecule has 0 radical (unpaired) electrons. The average Bonchev–Trinajstić information content (AvgIpc) is 2.35. The van der Waals surface area contributed by atoms with Crippen molar-refractivity contribution in [2.24, 2.45) is 5.73 Å². The van der Waals surface area contributed by atoms with Gasteiger partial charge in [0.1, 0.15) is 0 Å². The first-order chi connectivity index (χ1) is 7.83. The van der Waals surface area contributed by atoms with Gasteiger partial charge in [0.05, 0.1) is 5.52 Å². The maximum atomic E-state index is 6.12. The van der Waals surface area contributed by atoms with E-state index in [1.165, 1.54) is 0 Å². The first-order valence-corrected chi connectivity index (χ1v) is 5.35. The number of hydrogen-bond acceptors (Lipinski definition) is 2. The van der Waals surface area contributed by atoms with Crippen LogP contribution in [0, 0.1) is 12.3 Å². The third-order valence-electron chi connectivity index (χ3n) is 2.68. The highest BCUT2D eigenvalue weighted by Crippen LogP contribution is 2.23. The Kier molecular flexibility index (Phi) is 3.19. The molecule has 80 valence electrons. The van der Waals surface area contributed by atoms with Crippen LogP contribution in [-0.4, -0.2) is 4.98 Å². The molecule has 2 aromatic rings. The Balaban J connectivity index is 2.40. The maximum absolute atomic E-state index is 6.12. The Bertz CT molecular complexity index is 520. The van der Waals surface area contributed by atoms with Crippen molar-refractivity contribution in [2.45, 2.75) is 18.9 Å². The standard InChI is InChI=1S/C14H14N2/c1-2-3-7-13(15)11-9-10-16-14-8-5-4-6-12(11)14/h1,4-6,8-10,13H,3,7,15H2. The fourth-order valence-electron chi connectivity index (χ4n) is 1.84. The summed E-state index contributed by atoms with van der Waals surface area (Å²) >= 11 is 0. The number of terminal acetylenes is 1. The summed E-state index contributed by atoms with van der Waals surface area (Å²) < 4.78 is 0. The van der Waals surface area contributed by atoms with Gasteiger partial charge in [-0.15, -0.1) is 12.3 Å². The number of nitrogens with two attached hydrogens (primary N) is 1. The van der Waals surface area contributed by atoms with Crippen LogP contribution in [0.1, 0.15) is 24.4 Å². The summed E-state index contributed by atoms with van der Waals surface area (Å²) in [5.41, 5.74) is 8.23. The number of rotatable bonds is 3. The number of para-hydroxylation sites is 1. The Morgan fingerprint density at radius 2 is 2.12 bits per heavy atom. The molecule has 1 aromatic heterocycles. The van der Waals surface area contributed by atoms with Gasteiger partial charge in [-0.05, 0) is 24.1 Å². The molecule has 1 heterocycles. The largest absolute Gasteiger partial charge is 0.324 e. The first kappa shape index (κ1) is 10.7. The van der Waals surface area contributed by atoms with E-state index in [4.69, 9.17) is 12.2 Å². The Labute approximate surface area is 95.5 Å². The zero-order chi connectivity index (χ0) is 11.4. The molecule has 2 N–H and O–H groups in total. The van der Waals surface area contributed by atoms with Gasteiger partial charge in [0.25, 0.3) is 0 Å². The van der Waals surface area contributed by atoms with Crippen molar-refractivity contribution >= 4 is 10.9 Å². The highest BCUT2D eigenvalue weighted by Gasteiger charge is 2.08. The minimum absolute atomic E-state index is 0.0102.